The van der Waals surface area contributed by atoms with Gasteiger partial charge in [-0.1, -0.05) is 25.7 Å². The average molecular weight is 366 g/mol. The number of benzene rings is 1. The number of nitrogens with zero attached hydrogens (tertiary/aromatic N) is 2. The minimum absolute atomic E-state index is 0.0178. The van der Waals surface area contributed by atoms with Crippen molar-refractivity contribution in [3.8, 4) is 0 Å². The third-order valence-electron chi connectivity index (χ3n) is 5.21. The number of sulfonamides is 1. The van der Waals surface area contributed by atoms with Crippen LogP contribution in [0.5, 0.6) is 0 Å². The Kier molecular flexibility index (Phi) is 5.64. The highest BCUT2D eigenvalue weighted by Gasteiger charge is 2.29. The van der Waals surface area contributed by atoms with Gasteiger partial charge in [0.15, 0.2) is 0 Å². The molecule has 138 valence electrons. The smallest absolute Gasteiger partial charge is 0.412 e. The fraction of sp³-hybridized carbons (Fsp3) is 0.611. The van der Waals surface area contributed by atoms with Crippen molar-refractivity contribution in [1.29, 1.82) is 0 Å². The van der Waals surface area contributed by atoms with Crippen molar-refractivity contribution in [2.24, 2.45) is 0 Å². The van der Waals surface area contributed by atoms with Crippen LogP contribution in [0, 0.1) is 0 Å². The molecule has 0 spiro atoms. The largest absolute Gasteiger partial charge is 0.465 e. The molecule has 2 aliphatic rings. The van der Waals surface area contributed by atoms with Crippen molar-refractivity contribution < 1.29 is 18.3 Å². The normalized spacial score (nSPS) is 20.3. The quantitative estimate of drug-likeness (QED) is 0.882. The summed E-state index contributed by atoms with van der Waals surface area (Å²) in [6.07, 6.45) is 6.83. The Morgan fingerprint density at radius 3 is 2.08 bits per heavy atom. The van der Waals surface area contributed by atoms with Gasteiger partial charge in [-0.2, -0.15) is 4.31 Å². The van der Waals surface area contributed by atoms with E-state index in [1.165, 1.54) is 21.3 Å². The van der Waals surface area contributed by atoms with Crippen LogP contribution in [0.25, 0.3) is 0 Å². The first kappa shape index (κ1) is 18.2. The number of rotatable bonds is 4. The van der Waals surface area contributed by atoms with E-state index >= 15 is 0 Å². The van der Waals surface area contributed by atoms with E-state index in [1.54, 1.807) is 12.1 Å². The second-order valence-corrected chi connectivity index (χ2v) is 8.84. The number of piperidine rings is 1. The lowest BCUT2D eigenvalue weighted by atomic mass is 9.94. The summed E-state index contributed by atoms with van der Waals surface area (Å²) in [4.78, 5) is 13.4. The van der Waals surface area contributed by atoms with Gasteiger partial charge in [0.25, 0.3) is 0 Å². The van der Waals surface area contributed by atoms with Crippen molar-refractivity contribution >= 4 is 21.8 Å². The van der Waals surface area contributed by atoms with Gasteiger partial charge in [-0.15, -0.1) is 0 Å². The van der Waals surface area contributed by atoms with Gasteiger partial charge in [-0.25, -0.2) is 13.2 Å². The molecule has 0 unspecified atom stereocenters. The molecule has 2 fully saturated rings. The fourth-order valence-corrected chi connectivity index (χ4v) is 5.37. The molecule has 3 rings (SSSR count). The van der Waals surface area contributed by atoms with E-state index in [0.29, 0.717) is 18.8 Å². The highest BCUT2D eigenvalue weighted by atomic mass is 32.2. The van der Waals surface area contributed by atoms with Gasteiger partial charge in [0.05, 0.1) is 4.90 Å². The number of anilines is 1. The summed E-state index contributed by atoms with van der Waals surface area (Å²) >= 11 is 0. The lowest BCUT2D eigenvalue weighted by molar-refractivity contribution is 0.196. The number of carbonyl (C=O) groups is 1. The van der Waals surface area contributed by atoms with Gasteiger partial charge < -0.3 is 5.11 Å². The topological polar surface area (TPSA) is 77.9 Å². The fourth-order valence-electron chi connectivity index (χ4n) is 3.85. The molecule has 1 amide bonds. The highest BCUT2D eigenvalue weighted by molar-refractivity contribution is 7.89. The molecule has 1 aliphatic carbocycles. The summed E-state index contributed by atoms with van der Waals surface area (Å²) in [7, 11) is -3.48. The molecule has 1 saturated carbocycles. The maximum absolute atomic E-state index is 12.7. The monoisotopic (exact) mass is 366 g/mol. The van der Waals surface area contributed by atoms with Gasteiger partial charge in [0.1, 0.15) is 0 Å². The first-order valence-corrected chi connectivity index (χ1v) is 10.6. The highest BCUT2D eigenvalue weighted by Crippen LogP contribution is 2.29. The van der Waals surface area contributed by atoms with Gasteiger partial charge in [-0.05, 0) is 49.9 Å². The summed E-state index contributed by atoms with van der Waals surface area (Å²) in [5.74, 6) is 0. The lowest BCUT2D eigenvalue weighted by Crippen LogP contribution is -2.40. The number of hydrogen-bond acceptors (Lipinski definition) is 3. The van der Waals surface area contributed by atoms with Crippen LogP contribution in [0.4, 0.5) is 10.5 Å². The zero-order chi connectivity index (χ0) is 17.9. The minimum atomic E-state index is -3.48. The molecule has 1 aromatic rings. The third kappa shape index (κ3) is 3.98. The Morgan fingerprint density at radius 1 is 0.960 bits per heavy atom. The predicted molar refractivity (Wildman–Crippen MR) is 96.4 cm³/mol. The summed E-state index contributed by atoms with van der Waals surface area (Å²) in [6.45, 7) is 1.13. The lowest BCUT2D eigenvalue weighted by Gasteiger charge is -2.32. The zero-order valence-corrected chi connectivity index (χ0v) is 15.2. The summed E-state index contributed by atoms with van der Waals surface area (Å²) in [5.41, 5.74) is 0.553. The molecule has 1 aromatic carbocycles. The second-order valence-electron chi connectivity index (χ2n) is 6.90. The number of hydrogen-bond donors (Lipinski definition) is 1. The molecule has 1 heterocycles. The van der Waals surface area contributed by atoms with E-state index in [1.807, 2.05) is 0 Å². The van der Waals surface area contributed by atoms with Crippen molar-refractivity contribution in [2.45, 2.75) is 62.3 Å². The Balaban J connectivity index is 1.81. The van der Waals surface area contributed by atoms with Gasteiger partial charge >= 0.3 is 6.09 Å². The molecule has 6 nitrogen and oxygen atoms in total. The molecular weight excluding hydrogens is 340 g/mol. The average Bonchev–Trinajstić information content (AvgIpc) is 2.64. The van der Waals surface area contributed by atoms with E-state index in [-0.39, 0.29) is 10.9 Å². The standard InChI is InChI=1S/C18H26N2O4S/c21-18(22)20(15-7-3-1-4-8-15)16-9-11-17(12-10-16)25(23,24)19-13-5-2-6-14-19/h9-12,15H,1-8,13-14H2,(H,21,22). The van der Waals surface area contributed by atoms with Gasteiger partial charge in [0.2, 0.25) is 10.0 Å². The van der Waals surface area contributed by atoms with Crippen molar-refractivity contribution in [2.75, 3.05) is 18.0 Å². The van der Waals surface area contributed by atoms with E-state index in [4.69, 9.17) is 0 Å². The van der Waals surface area contributed by atoms with E-state index in [9.17, 15) is 18.3 Å². The van der Waals surface area contributed by atoms with E-state index in [2.05, 4.69) is 0 Å². The zero-order valence-electron chi connectivity index (χ0n) is 14.4. The van der Waals surface area contributed by atoms with Crippen molar-refractivity contribution in [3.05, 3.63) is 24.3 Å². The van der Waals surface area contributed by atoms with Crippen LogP contribution in [0.1, 0.15) is 51.4 Å². The predicted octanol–water partition coefficient (Wildman–Crippen LogP) is 3.68. The molecule has 25 heavy (non-hydrogen) atoms. The SMILES string of the molecule is O=C(O)N(c1ccc(S(=O)(=O)N2CCCCC2)cc1)C1CCCCC1. The second kappa shape index (κ2) is 7.74. The molecule has 0 radical (unpaired) electrons. The summed E-state index contributed by atoms with van der Waals surface area (Å²) in [6, 6.07) is 6.31. The van der Waals surface area contributed by atoms with Crippen molar-refractivity contribution in [3.63, 3.8) is 0 Å². The van der Waals surface area contributed by atoms with Crippen LogP contribution in [0.3, 0.4) is 0 Å². The number of carboxylic acid groups (broad SMARTS) is 1. The molecule has 1 aliphatic heterocycles. The first-order chi connectivity index (χ1) is 12.0. The van der Waals surface area contributed by atoms with Crippen LogP contribution < -0.4 is 4.90 Å². The van der Waals surface area contributed by atoms with Crippen LogP contribution in [-0.2, 0) is 10.0 Å². The molecule has 1 N–H and O–H groups in total. The molecule has 0 atom stereocenters. The summed E-state index contributed by atoms with van der Waals surface area (Å²) in [5, 5.41) is 9.61. The third-order valence-corrected chi connectivity index (χ3v) is 7.13. The van der Waals surface area contributed by atoms with E-state index in [0.717, 1.165) is 51.4 Å². The van der Waals surface area contributed by atoms with Crippen LogP contribution in [0.15, 0.2) is 29.2 Å². The number of amides is 1. The Morgan fingerprint density at radius 2 is 1.52 bits per heavy atom. The maximum atomic E-state index is 12.7. The molecule has 0 bridgehead atoms. The Labute approximate surface area is 149 Å². The first-order valence-electron chi connectivity index (χ1n) is 9.12. The molecular formula is C18H26N2O4S. The van der Waals surface area contributed by atoms with E-state index < -0.39 is 16.1 Å². The Hall–Kier alpha value is -1.60. The van der Waals surface area contributed by atoms with Gasteiger partial charge in [0, 0.05) is 24.8 Å². The van der Waals surface area contributed by atoms with Crippen LogP contribution >= 0.6 is 0 Å². The van der Waals surface area contributed by atoms with Crippen LogP contribution in [-0.4, -0.2) is 43.1 Å². The van der Waals surface area contributed by atoms with Crippen molar-refractivity contribution in [1.82, 2.24) is 4.31 Å². The van der Waals surface area contributed by atoms with Crippen LogP contribution in [0.2, 0.25) is 0 Å². The summed E-state index contributed by atoms with van der Waals surface area (Å²) < 4.78 is 26.9. The molecule has 7 heteroatoms. The maximum Gasteiger partial charge on any atom is 0.412 e. The van der Waals surface area contributed by atoms with Gasteiger partial charge in [-0.3, -0.25) is 4.90 Å². The Bertz CT molecular complexity index is 690. The minimum Gasteiger partial charge on any atom is -0.465 e. The molecule has 0 aromatic heterocycles. The molecule has 1 saturated heterocycles.